The van der Waals surface area contributed by atoms with Crippen molar-refractivity contribution in [1.29, 1.82) is 0 Å². The molecule has 9 heteroatoms. The van der Waals surface area contributed by atoms with E-state index in [1.54, 1.807) is 6.07 Å². The molecule has 0 spiro atoms. The van der Waals surface area contributed by atoms with Gasteiger partial charge in [0.15, 0.2) is 5.82 Å². The average molecular weight is 409 g/mol. The van der Waals surface area contributed by atoms with Gasteiger partial charge in [-0.3, -0.25) is 4.98 Å². The molecule has 0 radical (unpaired) electrons. The van der Waals surface area contributed by atoms with Crippen LogP contribution in [0.15, 0.2) is 60.9 Å². The Morgan fingerprint density at radius 3 is 2.37 bits per heavy atom. The van der Waals surface area contributed by atoms with Crippen LogP contribution < -0.4 is 5.32 Å². The van der Waals surface area contributed by atoms with Crippen molar-refractivity contribution >= 4 is 11.6 Å². The van der Waals surface area contributed by atoms with Crippen molar-refractivity contribution in [3.05, 3.63) is 83.9 Å². The zero-order valence-electron chi connectivity index (χ0n) is 15.4. The molecule has 0 bridgehead atoms. The number of halogens is 3. The molecule has 0 unspecified atom stereocenters. The van der Waals surface area contributed by atoms with Gasteiger partial charge < -0.3 is 10.4 Å². The molecule has 6 nitrogen and oxygen atoms in total. The normalized spacial score (nSPS) is 10.8. The van der Waals surface area contributed by atoms with Crippen molar-refractivity contribution < 1.29 is 18.3 Å². The molecule has 4 aromatic rings. The van der Waals surface area contributed by atoms with E-state index in [-0.39, 0.29) is 34.0 Å². The number of aliphatic hydroxyl groups excluding tert-OH is 1. The second-order valence-corrected chi connectivity index (χ2v) is 6.26. The summed E-state index contributed by atoms with van der Waals surface area (Å²) < 4.78 is 42.7. The monoisotopic (exact) mass is 409 g/mol. The number of nitrogens with zero attached hydrogens (tertiary/aromatic N) is 4. The third kappa shape index (κ3) is 3.83. The highest BCUT2D eigenvalue weighted by Crippen LogP contribution is 2.32. The Kier molecular flexibility index (Phi) is 5.36. The summed E-state index contributed by atoms with van der Waals surface area (Å²) in [5, 5.41) is 19.8. The summed E-state index contributed by atoms with van der Waals surface area (Å²) in [6.45, 7) is -0.437. The maximum absolute atomic E-state index is 14.5. The van der Waals surface area contributed by atoms with Gasteiger partial charge in [0.1, 0.15) is 23.0 Å². The van der Waals surface area contributed by atoms with Crippen LogP contribution in [0.2, 0.25) is 0 Å². The molecule has 0 amide bonds. The topological polar surface area (TPSA) is 83.8 Å². The standard InChI is InChI=1S/C21H14F3N5O/c22-16-4-2-1-3-14(16)19-20(15-7-8-25-10-18(15)24)28-29-21(27-19)26-13-6-5-12(11-30)17(23)9-13/h1-10,30H,11H2,(H,26,27,29). The molecule has 0 saturated carbocycles. The third-order valence-electron chi connectivity index (χ3n) is 4.32. The summed E-state index contributed by atoms with van der Waals surface area (Å²) in [7, 11) is 0. The van der Waals surface area contributed by atoms with Gasteiger partial charge in [0.2, 0.25) is 5.95 Å². The Labute approximate surface area is 169 Å². The Bertz CT molecular complexity index is 1220. The van der Waals surface area contributed by atoms with Crippen LogP contribution in [0, 0.1) is 17.5 Å². The number of pyridine rings is 1. The molecule has 0 aliphatic carbocycles. The Balaban J connectivity index is 1.81. The Hall–Kier alpha value is -3.85. The highest BCUT2D eigenvalue weighted by Gasteiger charge is 2.19. The van der Waals surface area contributed by atoms with Gasteiger partial charge in [-0.25, -0.2) is 18.2 Å². The first-order valence-electron chi connectivity index (χ1n) is 8.82. The Morgan fingerprint density at radius 2 is 1.63 bits per heavy atom. The quantitative estimate of drug-likeness (QED) is 0.513. The highest BCUT2D eigenvalue weighted by molar-refractivity contribution is 5.78. The first-order chi connectivity index (χ1) is 14.6. The van der Waals surface area contributed by atoms with Crippen LogP contribution in [0.3, 0.4) is 0 Å². The predicted molar refractivity (Wildman–Crippen MR) is 104 cm³/mol. The van der Waals surface area contributed by atoms with Crippen molar-refractivity contribution in [1.82, 2.24) is 20.2 Å². The van der Waals surface area contributed by atoms with Crippen LogP contribution in [-0.4, -0.2) is 25.3 Å². The van der Waals surface area contributed by atoms with Crippen molar-refractivity contribution in [3.8, 4) is 22.5 Å². The highest BCUT2D eigenvalue weighted by atomic mass is 19.1. The minimum atomic E-state index is -0.659. The number of nitrogens with one attached hydrogen (secondary N) is 1. The van der Waals surface area contributed by atoms with Crippen LogP contribution in [0.25, 0.3) is 22.5 Å². The lowest BCUT2D eigenvalue weighted by Gasteiger charge is -2.12. The van der Waals surface area contributed by atoms with E-state index in [1.807, 2.05) is 0 Å². The summed E-state index contributed by atoms with van der Waals surface area (Å²) in [6, 6.07) is 11.4. The van der Waals surface area contributed by atoms with Gasteiger partial charge in [-0.15, -0.1) is 10.2 Å². The molecule has 2 aromatic carbocycles. The van der Waals surface area contributed by atoms with Crippen LogP contribution in [0.5, 0.6) is 0 Å². The molecule has 2 heterocycles. The molecule has 30 heavy (non-hydrogen) atoms. The average Bonchev–Trinajstić information content (AvgIpc) is 2.75. The summed E-state index contributed by atoms with van der Waals surface area (Å²) in [4.78, 5) is 8.01. The van der Waals surface area contributed by atoms with Crippen molar-refractivity contribution in [2.75, 3.05) is 5.32 Å². The minimum Gasteiger partial charge on any atom is -0.392 e. The van der Waals surface area contributed by atoms with Gasteiger partial charge in [-0.2, -0.15) is 0 Å². The molecule has 150 valence electrons. The van der Waals surface area contributed by atoms with Gasteiger partial charge in [0, 0.05) is 28.6 Å². The number of benzene rings is 2. The SMILES string of the molecule is OCc1ccc(Nc2nnc(-c3ccncc3F)c(-c3ccccc3F)n2)cc1F. The van der Waals surface area contributed by atoms with Crippen molar-refractivity contribution in [2.45, 2.75) is 6.61 Å². The molecular weight excluding hydrogens is 395 g/mol. The molecule has 0 fully saturated rings. The van der Waals surface area contributed by atoms with Gasteiger partial charge >= 0.3 is 0 Å². The number of aliphatic hydroxyl groups is 1. The number of aromatic nitrogens is 4. The second kappa shape index (κ2) is 8.26. The molecule has 0 aliphatic rings. The number of anilines is 2. The van der Waals surface area contributed by atoms with Crippen LogP contribution in [-0.2, 0) is 6.61 Å². The van der Waals surface area contributed by atoms with Gasteiger partial charge in [-0.05, 0) is 30.3 Å². The molecule has 0 aliphatic heterocycles. The third-order valence-corrected chi connectivity index (χ3v) is 4.32. The van der Waals surface area contributed by atoms with E-state index in [1.165, 1.54) is 42.6 Å². The molecule has 2 N–H and O–H groups in total. The zero-order valence-corrected chi connectivity index (χ0v) is 15.4. The summed E-state index contributed by atoms with van der Waals surface area (Å²) in [5.74, 6) is -1.88. The van der Waals surface area contributed by atoms with Crippen molar-refractivity contribution in [2.24, 2.45) is 0 Å². The summed E-state index contributed by atoms with van der Waals surface area (Å²) >= 11 is 0. The Morgan fingerprint density at radius 1 is 0.833 bits per heavy atom. The zero-order chi connectivity index (χ0) is 21.1. The van der Waals surface area contributed by atoms with Gasteiger partial charge in [0.05, 0.1) is 12.8 Å². The lowest BCUT2D eigenvalue weighted by Crippen LogP contribution is -2.05. The van der Waals surface area contributed by atoms with Gasteiger partial charge in [0.25, 0.3) is 0 Å². The molecule has 4 rings (SSSR count). The van der Waals surface area contributed by atoms with E-state index in [9.17, 15) is 13.2 Å². The van der Waals surface area contributed by atoms with E-state index in [0.717, 1.165) is 12.3 Å². The van der Waals surface area contributed by atoms with Crippen molar-refractivity contribution in [3.63, 3.8) is 0 Å². The van der Waals surface area contributed by atoms with E-state index in [2.05, 4.69) is 25.5 Å². The van der Waals surface area contributed by atoms with E-state index in [0.29, 0.717) is 5.69 Å². The number of hydrogen-bond donors (Lipinski definition) is 2. The van der Waals surface area contributed by atoms with Crippen LogP contribution in [0.1, 0.15) is 5.56 Å². The van der Waals surface area contributed by atoms with E-state index >= 15 is 0 Å². The predicted octanol–water partition coefficient (Wildman–Crippen LogP) is 4.25. The van der Waals surface area contributed by atoms with Crippen LogP contribution in [0.4, 0.5) is 24.8 Å². The minimum absolute atomic E-state index is 0.0346. The van der Waals surface area contributed by atoms with Gasteiger partial charge in [-0.1, -0.05) is 18.2 Å². The first kappa shape index (κ1) is 19.5. The van der Waals surface area contributed by atoms with E-state index < -0.39 is 24.1 Å². The lowest BCUT2D eigenvalue weighted by atomic mass is 10.0. The maximum atomic E-state index is 14.5. The summed E-state index contributed by atoms with van der Waals surface area (Å²) in [5.41, 5.74) is 0.691. The first-order valence-corrected chi connectivity index (χ1v) is 8.82. The lowest BCUT2D eigenvalue weighted by molar-refractivity contribution is 0.276. The van der Waals surface area contributed by atoms with E-state index in [4.69, 9.17) is 5.11 Å². The molecular formula is C21H14F3N5O. The molecule has 0 saturated heterocycles. The number of rotatable bonds is 5. The second-order valence-electron chi connectivity index (χ2n) is 6.26. The number of hydrogen-bond acceptors (Lipinski definition) is 6. The maximum Gasteiger partial charge on any atom is 0.247 e. The molecule has 2 aromatic heterocycles. The fraction of sp³-hybridized carbons (Fsp3) is 0.0476. The summed E-state index contributed by atoms with van der Waals surface area (Å²) in [6.07, 6.45) is 2.39. The largest absolute Gasteiger partial charge is 0.392 e. The molecule has 0 atom stereocenters. The smallest absolute Gasteiger partial charge is 0.247 e. The fourth-order valence-corrected chi connectivity index (χ4v) is 2.85. The van der Waals surface area contributed by atoms with Crippen LogP contribution >= 0.6 is 0 Å². The fourth-order valence-electron chi connectivity index (χ4n) is 2.85.